The van der Waals surface area contributed by atoms with Crippen molar-refractivity contribution in [2.24, 2.45) is 0 Å². The molecule has 0 atom stereocenters. The minimum absolute atomic E-state index is 0.135. The minimum Gasteiger partial charge on any atom is -0.398 e. The molecular weight excluding hydrogens is 360 g/mol. The molecule has 1 aromatic rings. The normalized spacial score (nSPS) is 11.7. The summed E-state index contributed by atoms with van der Waals surface area (Å²) in [6, 6.07) is 6.49. The van der Waals surface area contributed by atoms with Gasteiger partial charge >= 0.3 is 0 Å². The van der Waals surface area contributed by atoms with Crippen LogP contribution >= 0.6 is 0 Å². The molecule has 156 valence electrons. The number of sulfonamides is 1. The third-order valence-corrected chi connectivity index (χ3v) is 6.14. The Bertz CT molecular complexity index is 591. The van der Waals surface area contributed by atoms with Crippen LogP contribution in [0.25, 0.3) is 0 Å². The highest BCUT2D eigenvalue weighted by Crippen LogP contribution is 2.16. The number of nitrogens with two attached hydrogens (primary N) is 1. The highest BCUT2D eigenvalue weighted by atomic mass is 32.2. The molecule has 0 spiro atoms. The van der Waals surface area contributed by atoms with Crippen molar-refractivity contribution in [3.8, 4) is 0 Å². The molecule has 0 heterocycles. The molecule has 0 amide bonds. The van der Waals surface area contributed by atoms with Gasteiger partial charge in [0.1, 0.15) is 4.90 Å². The van der Waals surface area contributed by atoms with Crippen LogP contribution in [0.1, 0.15) is 77.6 Å². The fraction of sp³-hybridized carbons (Fsp3) is 0.714. The van der Waals surface area contributed by atoms with Gasteiger partial charge in [-0.25, -0.2) is 13.1 Å². The van der Waals surface area contributed by atoms with Crippen LogP contribution in [-0.4, -0.2) is 28.2 Å². The first kappa shape index (κ1) is 23.9. The van der Waals surface area contributed by atoms with Gasteiger partial charge < -0.3 is 10.5 Å². The molecule has 3 N–H and O–H groups in total. The van der Waals surface area contributed by atoms with Gasteiger partial charge in [0.15, 0.2) is 0 Å². The highest BCUT2D eigenvalue weighted by molar-refractivity contribution is 7.89. The van der Waals surface area contributed by atoms with Crippen molar-refractivity contribution in [2.75, 3.05) is 25.5 Å². The van der Waals surface area contributed by atoms with Gasteiger partial charge in [0.25, 0.3) is 0 Å². The van der Waals surface area contributed by atoms with Crippen molar-refractivity contribution in [1.29, 1.82) is 0 Å². The largest absolute Gasteiger partial charge is 0.398 e. The lowest BCUT2D eigenvalue weighted by atomic mass is 10.1. The second-order valence-electron chi connectivity index (χ2n) is 7.08. The Morgan fingerprint density at radius 3 is 2.04 bits per heavy atom. The van der Waals surface area contributed by atoms with Gasteiger partial charge in [0.2, 0.25) is 10.0 Å². The summed E-state index contributed by atoms with van der Waals surface area (Å²) in [5, 5.41) is 0. The van der Waals surface area contributed by atoms with E-state index in [0.717, 1.165) is 13.0 Å². The summed E-state index contributed by atoms with van der Waals surface area (Å²) < 4.78 is 32.5. The summed E-state index contributed by atoms with van der Waals surface area (Å²) in [5.41, 5.74) is 5.98. The Labute approximate surface area is 166 Å². The molecule has 0 saturated heterocycles. The topological polar surface area (TPSA) is 81.4 Å². The van der Waals surface area contributed by atoms with Gasteiger partial charge in [-0.2, -0.15) is 0 Å². The van der Waals surface area contributed by atoms with Gasteiger partial charge in [0, 0.05) is 19.8 Å². The number of rotatable bonds is 17. The molecule has 0 bridgehead atoms. The predicted molar refractivity (Wildman–Crippen MR) is 113 cm³/mol. The van der Waals surface area contributed by atoms with Crippen molar-refractivity contribution < 1.29 is 13.2 Å². The van der Waals surface area contributed by atoms with E-state index in [1.807, 2.05) is 0 Å². The molecule has 0 aliphatic heterocycles. The van der Waals surface area contributed by atoms with Crippen LogP contribution in [0, 0.1) is 0 Å². The van der Waals surface area contributed by atoms with Crippen LogP contribution in [0.5, 0.6) is 0 Å². The van der Waals surface area contributed by atoms with Crippen LogP contribution in [0.3, 0.4) is 0 Å². The molecule has 0 saturated carbocycles. The second-order valence-corrected chi connectivity index (χ2v) is 8.82. The number of ether oxygens (including phenoxy) is 1. The first-order valence-corrected chi connectivity index (χ1v) is 12.0. The summed E-state index contributed by atoms with van der Waals surface area (Å²) in [6.45, 7) is 3.94. The number of anilines is 1. The first-order chi connectivity index (χ1) is 13.1. The number of para-hydroxylation sites is 1. The Hall–Kier alpha value is -1.11. The number of benzene rings is 1. The van der Waals surface area contributed by atoms with E-state index in [1.54, 1.807) is 18.2 Å². The number of hydrogen-bond donors (Lipinski definition) is 2. The maximum atomic E-state index is 12.2. The standard InChI is InChI=1S/C21H38N2O3S/c1-2-3-4-5-6-7-8-9-10-13-18-26-19-14-17-23-27(24,25)21-16-12-11-15-20(21)22/h11-12,15-16,23H,2-10,13-14,17-19,22H2,1H3. The zero-order valence-electron chi connectivity index (χ0n) is 16.9. The van der Waals surface area contributed by atoms with E-state index in [4.69, 9.17) is 10.5 Å². The molecule has 0 unspecified atom stereocenters. The van der Waals surface area contributed by atoms with E-state index in [-0.39, 0.29) is 10.6 Å². The van der Waals surface area contributed by atoms with E-state index in [9.17, 15) is 8.42 Å². The van der Waals surface area contributed by atoms with E-state index in [0.29, 0.717) is 19.6 Å². The SMILES string of the molecule is CCCCCCCCCCCCOCCCNS(=O)(=O)c1ccccc1N. The summed E-state index contributed by atoms with van der Waals surface area (Å²) in [6.07, 6.45) is 13.8. The van der Waals surface area contributed by atoms with Crippen LogP contribution in [-0.2, 0) is 14.8 Å². The van der Waals surface area contributed by atoms with Gasteiger partial charge in [-0.3, -0.25) is 0 Å². The van der Waals surface area contributed by atoms with Gasteiger partial charge in [-0.15, -0.1) is 0 Å². The van der Waals surface area contributed by atoms with E-state index < -0.39 is 10.0 Å². The second kappa shape index (κ2) is 14.9. The monoisotopic (exact) mass is 398 g/mol. The van der Waals surface area contributed by atoms with Gasteiger partial charge in [0.05, 0.1) is 5.69 Å². The number of hydrogen-bond acceptors (Lipinski definition) is 4. The van der Waals surface area contributed by atoms with E-state index >= 15 is 0 Å². The summed E-state index contributed by atoms with van der Waals surface area (Å²) >= 11 is 0. The molecule has 0 aliphatic carbocycles. The van der Waals surface area contributed by atoms with E-state index in [2.05, 4.69) is 11.6 Å². The average molecular weight is 399 g/mol. The lowest BCUT2D eigenvalue weighted by Crippen LogP contribution is -2.26. The Morgan fingerprint density at radius 2 is 1.41 bits per heavy atom. The Morgan fingerprint density at radius 1 is 0.852 bits per heavy atom. The molecule has 0 fully saturated rings. The molecule has 1 rings (SSSR count). The first-order valence-electron chi connectivity index (χ1n) is 10.5. The molecule has 0 aliphatic rings. The third kappa shape index (κ3) is 11.4. The highest BCUT2D eigenvalue weighted by Gasteiger charge is 2.15. The van der Waals surface area contributed by atoms with Crippen LogP contribution in [0.15, 0.2) is 29.2 Å². The van der Waals surface area contributed by atoms with Gasteiger partial charge in [-0.05, 0) is 25.0 Å². The summed E-state index contributed by atoms with van der Waals surface area (Å²) in [4.78, 5) is 0.135. The van der Waals surface area contributed by atoms with Crippen molar-refractivity contribution in [1.82, 2.24) is 4.72 Å². The number of nitrogen functional groups attached to an aromatic ring is 1. The average Bonchev–Trinajstić information content (AvgIpc) is 2.65. The van der Waals surface area contributed by atoms with Crippen molar-refractivity contribution in [3.05, 3.63) is 24.3 Å². The minimum atomic E-state index is -3.54. The zero-order chi connectivity index (χ0) is 19.8. The maximum Gasteiger partial charge on any atom is 0.242 e. The van der Waals surface area contributed by atoms with Gasteiger partial charge in [-0.1, -0.05) is 76.8 Å². The van der Waals surface area contributed by atoms with Crippen molar-refractivity contribution in [3.63, 3.8) is 0 Å². The lowest BCUT2D eigenvalue weighted by molar-refractivity contribution is 0.128. The molecular formula is C21H38N2O3S. The zero-order valence-corrected chi connectivity index (χ0v) is 17.7. The summed E-state index contributed by atoms with van der Waals surface area (Å²) in [7, 11) is -3.54. The van der Waals surface area contributed by atoms with Crippen LogP contribution in [0.4, 0.5) is 5.69 Å². The molecule has 0 radical (unpaired) electrons. The molecule has 6 heteroatoms. The quantitative estimate of drug-likeness (QED) is 0.290. The Balaban J connectivity index is 1.93. The van der Waals surface area contributed by atoms with Crippen LogP contribution in [0.2, 0.25) is 0 Å². The van der Waals surface area contributed by atoms with E-state index in [1.165, 1.54) is 63.9 Å². The number of unbranched alkanes of at least 4 members (excludes halogenated alkanes) is 9. The van der Waals surface area contributed by atoms with Crippen LogP contribution < -0.4 is 10.5 Å². The maximum absolute atomic E-state index is 12.2. The molecule has 5 nitrogen and oxygen atoms in total. The van der Waals surface area contributed by atoms with Crippen molar-refractivity contribution >= 4 is 15.7 Å². The molecule has 1 aromatic carbocycles. The lowest BCUT2D eigenvalue weighted by Gasteiger charge is -2.09. The smallest absolute Gasteiger partial charge is 0.242 e. The number of nitrogens with one attached hydrogen (secondary N) is 1. The Kier molecular flexibility index (Phi) is 13.2. The third-order valence-electron chi connectivity index (χ3n) is 4.61. The molecule has 0 aromatic heterocycles. The molecule has 27 heavy (non-hydrogen) atoms. The summed E-state index contributed by atoms with van der Waals surface area (Å²) in [5.74, 6) is 0. The fourth-order valence-electron chi connectivity index (χ4n) is 2.98. The predicted octanol–water partition coefficient (Wildman–Crippen LogP) is 4.87. The van der Waals surface area contributed by atoms with Crippen molar-refractivity contribution in [2.45, 2.75) is 82.4 Å². The fourth-order valence-corrected chi connectivity index (χ4v) is 4.18.